The van der Waals surface area contributed by atoms with Gasteiger partial charge in [0, 0.05) is 0 Å². The normalized spacial score (nSPS) is 10.3. The SMILES string of the molecule is NC(=S)c1cccc(Nc2cc(Cl)c(Cl)cc2Cl)n1. The molecule has 0 radical (unpaired) electrons. The highest BCUT2D eigenvalue weighted by atomic mass is 35.5. The van der Waals surface area contributed by atoms with Crippen molar-refractivity contribution in [2.45, 2.75) is 0 Å². The largest absolute Gasteiger partial charge is 0.388 e. The molecule has 0 aliphatic carbocycles. The molecule has 0 saturated carbocycles. The van der Waals surface area contributed by atoms with Crippen LogP contribution in [0.4, 0.5) is 11.5 Å². The van der Waals surface area contributed by atoms with Crippen molar-refractivity contribution in [3.63, 3.8) is 0 Å². The van der Waals surface area contributed by atoms with Crippen molar-refractivity contribution in [1.82, 2.24) is 4.98 Å². The Morgan fingerprint density at radius 2 is 1.79 bits per heavy atom. The third-order valence-corrected chi connectivity index (χ3v) is 3.52. The van der Waals surface area contributed by atoms with Crippen molar-refractivity contribution < 1.29 is 0 Å². The van der Waals surface area contributed by atoms with Gasteiger partial charge in [0.1, 0.15) is 10.8 Å². The number of benzene rings is 1. The second-order valence-electron chi connectivity index (χ2n) is 3.64. The van der Waals surface area contributed by atoms with E-state index in [0.29, 0.717) is 32.3 Å². The fourth-order valence-corrected chi connectivity index (χ4v) is 2.11. The maximum atomic E-state index is 6.07. The zero-order valence-electron chi connectivity index (χ0n) is 9.45. The highest BCUT2D eigenvalue weighted by Gasteiger charge is 2.07. The Hall–Kier alpha value is -1.07. The number of rotatable bonds is 3. The van der Waals surface area contributed by atoms with Crippen molar-refractivity contribution in [2.24, 2.45) is 5.73 Å². The molecule has 0 unspecified atom stereocenters. The van der Waals surface area contributed by atoms with Crippen LogP contribution in [-0.2, 0) is 0 Å². The van der Waals surface area contributed by atoms with Gasteiger partial charge in [-0.05, 0) is 24.3 Å². The average Bonchev–Trinajstić information content (AvgIpc) is 2.36. The summed E-state index contributed by atoms with van der Waals surface area (Å²) in [6, 6.07) is 8.46. The van der Waals surface area contributed by atoms with E-state index in [1.54, 1.807) is 30.3 Å². The maximum absolute atomic E-state index is 6.07. The van der Waals surface area contributed by atoms with E-state index in [1.807, 2.05) is 0 Å². The van der Waals surface area contributed by atoms with Gasteiger partial charge < -0.3 is 11.1 Å². The van der Waals surface area contributed by atoms with Gasteiger partial charge in [0.15, 0.2) is 0 Å². The fraction of sp³-hybridized carbons (Fsp3) is 0. The lowest BCUT2D eigenvalue weighted by Crippen LogP contribution is -2.12. The van der Waals surface area contributed by atoms with Crippen molar-refractivity contribution in [1.29, 1.82) is 0 Å². The molecule has 0 atom stereocenters. The molecule has 2 rings (SSSR count). The topological polar surface area (TPSA) is 50.9 Å². The molecule has 1 heterocycles. The molecular weight excluding hydrogens is 325 g/mol. The minimum Gasteiger partial charge on any atom is -0.388 e. The van der Waals surface area contributed by atoms with Gasteiger partial charge in [-0.1, -0.05) is 53.1 Å². The summed E-state index contributed by atoms with van der Waals surface area (Å²) >= 11 is 22.7. The molecule has 3 N–H and O–H groups in total. The van der Waals surface area contributed by atoms with Crippen molar-refractivity contribution in [2.75, 3.05) is 5.32 Å². The van der Waals surface area contributed by atoms with Gasteiger partial charge in [-0.2, -0.15) is 0 Å². The highest BCUT2D eigenvalue weighted by molar-refractivity contribution is 7.80. The van der Waals surface area contributed by atoms with Crippen LogP contribution in [0.15, 0.2) is 30.3 Å². The quantitative estimate of drug-likeness (QED) is 0.645. The molecule has 0 fully saturated rings. The standard InChI is InChI=1S/C12H8Cl3N3S/c13-6-4-8(15)10(5-7(6)14)18-11-3-1-2-9(17-11)12(16)19/h1-5H,(H2,16,19)(H,17,18). The second-order valence-corrected chi connectivity index (χ2v) is 5.30. The van der Waals surface area contributed by atoms with Crippen LogP contribution in [-0.4, -0.2) is 9.97 Å². The van der Waals surface area contributed by atoms with Gasteiger partial charge in [-0.25, -0.2) is 4.98 Å². The Balaban J connectivity index is 2.33. The van der Waals surface area contributed by atoms with Crippen LogP contribution in [0, 0.1) is 0 Å². The van der Waals surface area contributed by atoms with E-state index >= 15 is 0 Å². The number of anilines is 2. The Morgan fingerprint density at radius 1 is 1.11 bits per heavy atom. The average molecular weight is 333 g/mol. The number of pyridine rings is 1. The monoisotopic (exact) mass is 331 g/mol. The van der Waals surface area contributed by atoms with Gasteiger partial charge in [0.25, 0.3) is 0 Å². The predicted molar refractivity (Wildman–Crippen MR) is 84.9 cm³/mol. The van der Waals surface area contributed by atoms with E-state index in [-0.39, 0.29) is 4.99 Å². The van der Waals surface area contributed by atoms with Crippen LogP contribution < -0.4 is 11.1 Å². The lowest BCUT2D eigenvalue weighted by atomic mass is 10.3. The van der Waals surface area contributed by atoms with E-state index in [1.165, 1.54) is 0 Å². The summed E-state index contributed by atoms with van der Waals surface area (Å²) in [4.78, 5) is 4.47. The lowest BCUT2D eigenvalue weighted by Gasteiger charge is -2.10. The molecule has 1 aromatic carbocycles. The van der Waals surface area contributed by atoms with Crippen LogP contribution in [0.5, 0.6) is 0 Å². The molecule has 1 aromatic heterocycles. The number of nitrogens with zero attached hydrogens (tertiary/aromatic N) is 1. The zero-order chi connectivity index (χ0) is 14.0. The molecule has 19 heavy (non-hydrogen) atoms. The predicted octanol–water partition coefficient (Wildman–Crippen LogP) is 4.42. The summed E-state index contributed by atoms with van der Waals surface area (Å²) in [5.74, 6) is 0.561. The first kappa shape index (κ1) is 14.3. The molecule has 0 aliphatic heterocycles. The fourth-order valence-electron chi connectivity index (χ4n) is 1.40. The second kappa shape index (κ2) is 5.92. The van der Waals surface area contributed by atoms with Crippen molar-refractivity contribution in [3.05, 3.63) is 51.1 Å². The van der Waals surface area contributed by atoms with Gasteiger partial charge in [-0.3, -0.25) is 0 Å². The van der Waals surface area contributed by atoms with Crippen LogP contribution in [0.3, 0.4) is 0 Å². The van der Waals surface area contributed by atoms with Crippen molar-refractivity contribution >= 4 is 63.5 Å². The van der Waals surface area contributed by atoms with Gasteiger partial charge in [0.2, 0.25) is 0 Å². The van der Waals surface area contributed by atoms with E-state index in [9.17, 15) is 0 Å². The first-order valence-electron chi connectivity index (χ1n) is 5.16. The molecule has 0 bridgehead atoms. The lowest BCUT2D eigenvalue weighted by molar-refractivity contribution is 1.28. The summed E-state index contributed by atoms with van der Waals surface area (Å²) in [7, 11) is 0. The van der Waals surface area contributed by atoms with Gasteiger partial charge in [-0.15, -0.1) is 0 Å². The summed E-state index contributed by atoms with van der Waals surface area (Å²) in [6.45, 7) is 0. The first-order valence-corrected chi connectivity index (χ1v) is 6.70. The Morgan fingerprint density at radius 3 is 2.47 bits per heavy atom. The number of hydrogen-bond donors (Lipinski definition) is 2. The van der Waals surface area contributed by atoms with Crippen LogP contribution in [0.1, 0.15) is 5.69 Å². The Bertz CT molecular complexity index is 646. The van der Waals surface area contributed by atoms with Crippen molar-refractivity contribution in [3.8, 4) is 0 Å². The molecule has 3 nitrogen and oxygen atoms in total. The molecule has 98 valence electrons. The summed E-state index contributed by atoms with van der Waals surface area (Å²) in [5, 5.41) is 4.27. The third-order valence-electron chi connectivity index (χ3n) is 2.27. The zero-order valence-corrected chi connectivity index (χ0v) is 12.5. The number of halogens is 3. The summed E-state index contributed by atoms with van der Waals surface area (Å²) in [5.41, 5.74) is 6.65. The van der Waals surface area contributed by atoms with Gasteiger partial charge in [0.05, 0.1) is 26.4 Å². The smallest absolute Gasteiger partial charge is 0.131 e. The first-order chi connectivity index (χ1) is 8.97. The number of aromatic nitrogens is 1. The number of nitrogens with one attached hydrogen (secondary N) is 1. The highest BCUT2D eigenvalue weighted by Crippen LogP contribution is 2.33. The summed E-state index contributed by atoms with van der Waals surface area (Å²) < 4.78 is 0. The molecule has 0 aliphatic rings. The van der Waals surface area contributed by atoms with E-state index in [0.717, 1.165) is 0 Å². The van der Waals surface area contributed by atoms with Crippen LogP contribution in [0.25, 0.3) is 0 Å². The Kier molecular flexibility index (Phi) is 4.47. The van der Waals surface area contributed by atoms with Crippen LogP contribution in [0.2, 0.25) is 15.1 Å². The molecule has 0 amide bonds. The molecule has 0 spiro atoms. The maximum Gasteiger partial charge on any atom is 0.131 e. The number of thiocarbonyl (C=S) groups is 1. The van der Waals surface area contributed by atoms with E-state index < -0.39 is 0 Å². The summed E-state index contributed by atoms with van der Waals surface area (Å²) in [6.07, 6.45) is 0. The molecular formula is C12H8Cl3N3S. The van der Waals surface area contributed by atoms with E-state index in [2.05, 4.69) is 10.3 Å². The number of nitrogens with two attached hydrogens (primary N) is 1. The minimum absolute atomic E-state index is 0.226. The van der Waals surface area contributed by atoms with E-state index in [4.69, 9.17) is 52.8 Å². The van der Waals surface area contributed by atoms with Gasteiger partial charge >= 0.3 is 0 Å². The number of hydrogen-bond acceptors (Lipinski definition) is 3. The molecule has 2 aromatic rings. The molecule has 0 saturated heterocycles. The Labute approximate surface area is 130 Å². The van der Waals surface area contributed by atoms with Crippen LogP contribution >= 0.6 is 47.0 Å². The minimum atomic E-state index is 0.226. The molecule has 7 heteroatoms. The third kappa shape index (κ3) is 3.48.